The van der Waals surface area contributed by atoms with Crippen molar-refractivity contribution in [3.8, 4) is 5.75 Å². The van der Waals surface area contributed by atoms with Gasteiger partial charge in [0.15, 0.2) is 0 Å². The highest BCUT2D eigenvalue weighted by molar-refractivity contribution is 5.40. The minimum atomic E-state index is 0.143. The van der Waals surface area contributed by atoms with Crippen molar-refractivity contribution in [3.05, 3.63) is 29.3 Å². The zero-order valence-corrected chi connectivity index (χ0v) is 13.3. The normalized spacial score (nSPS) is 25.0. The molecule has 0 saturated heterocycles. The number of methoxy groups -OCH3 is 1. The van der Waals surface area contributed by atoms with E-state index in [9.17, 15) is 0 Å². The first-order valence-electron chi connectivity index (χ1n) is 8.39. The van der Waals surface area contributed by atoms with Crippen molar-refractivity contribution in [2.75, 3.05) is 20.2 Å². The average molecular weight is 288 g/mol. The fourth-order valence-electron chi connectivity index (χ4n) is 3.66. The number of fused-ring (bicyclic) bond motifs is 1. The Morgan fingerprint density at radius 1 is 1.29 bits per heavy atom. The lowest BCUT2D eigenvalue weighted by molar-refractivity contribution is 0.148. The van der Waals surface area contributed by atoms with Crippen molar-refractivity contribution in [1.82, 2.24) is 4.90 Å². The topological polar surface area (TPSA) is 38.5 Å². The van der Waals surface area contributed by atoms with Crippen LogP contribution in [0.15, 0.2) is 18.2 Å². The molecule has 2 N–H and O–H groups in total. The maximum Gasteiger partial charge on any atom is 0.119 e. The summed E-state index contributed by atoms with van der Waals surface area (Å²) in [5.41, 5.74) is 9.33. The molecule has 2 unspecified atom stereocenters. The zero-order chi connectivity index (χ0) is 14.8. The van der Waals surface area contributed by atoms with E-state index < -0.39 is 0 Å². The van der Waals surface area contributed by atoms with Crippen molar-refractivity contribution >= 4 is 0 Å². The summed E-state index contributed by atoms with van der Waals surface area (Å²) in [6, 6.07) is 7.03. The number of hydrogen-bond donors (Lipinski definition) is 1. The lowest BCUT2D eigenvalue weighted by atomic mass is 9.83. The Balaban J connectivity index is 1.77. The second-order valence-electron chi connectivity index (χ2n) is 6.63. The molecule has 2 aliphatic carbocycles. The highest BCUT2D eigenvalue weighted by atomic mass is 16.5. The first kappa shape index (κ1) is 14.9. The lowest BCUT2D eigenvalue weighted by Gasteiger charge is -2.39. The van der Waals surface area contributed by atoms with Crippen LogP contribution >= 0.6 is 0 Å². The molecule has 3 rings (SSSR count). The van der Waals surface area contributed by atoms with Crippen LogP contribution in [0.2, 0.25) is 0 Å². The molecule has 2 atom stereocenters. The monoisotopic (exact) mass is 288 g/mol. The summed E-state index contributed by atoms with van der Waals surface area (Å²) in [6.07, 6.45) is 6.33. The van der Waals surface area contributed by atoms with Crippen LogP contribution in [0.1, 0.15) is 49.8 Å². The van der Waals surface area contributed by atoms with Gasteiger partial charge < -0.3 is 10.5 Å². The fraction of sp³-hybridized carbons (Fsp3) is 0.667. The van der Waals surface area contributed by atoms with Gasteiger partial charge >= 0.3 is 0 Å². The minimum absolute atomic E-state index is 0.143. The van der Waals surface area contributed by atoms with Gasteiger partial charge in [-0.05, 0) is 67.8 Å². The molecule has 1 saturated carbocycles. The molecule has 116 valence electrons. The van der Waals surface area contributed by atoms with Gasteiger partial charge in [0.05, 0.1) is 7.11 Å². The summed E-state index contributed by atoms with van der Waals surface area (Å²) in [5.74, 6) is 1.88. The Kier molecular flexibility index (Phi) is 4.51. The standard InChI is InChI=1S/C18H28N2O/c1-3-10-20(12-13-4-5-13)17-9-6-14-11-15(21-2)7-8-16(14)18(17)19/h7-8,11,13,17-18H,3-6,9-10,12,19H2,1-2H3. The van der Waals surface area contributed by atoms with Crippen LogP contribution in [-0.4, -0.2) is 31.1 Å². The van der Waals surface area contributed by atoms with Crippen molar-refractivity contribution < 1.29 is 4.74 Å². The van der Waals surface area contributed by atoms with E-state index in [4.69, 9.17) is 10.5 Å². The highest BCUT2D eigenvalue weighted by Gasteiger charge is 2.34. The van der Waals surface area contributed by atoms with Gasteiger partial charge in [0.1, 0.15) is 5.75 Å². The van der Waals surface area contributed by atoms with Crippen molar-refractivity contribution in [2.45, 2.75) is 51.1 Å². The number of ether oxygens (including phenoxy) is 1. The van der Waals surface area contributed by atoms with E-state index in [0.29, 0.717) is 6.04 Å². The van der Waals surface area contributed by atoms with Crippen LogP contribution in [0.25, 0.3) is 0 Å². The van der Waals surface area contributed by atoms with Crippen LogP contribution in [0, 0.1) is 5.92 Å². The maximum atomic E-state index is 6.63. The van der Waals surface area contributed by atoms with Gasteiger partial charge in [-0.1, -0.05) is 13.0 Å². The molecule has 3 heteroatoms. The molecule has 0 heterocycles. The SMILES string of the molecule is CCCN(CC1CC1)C1CCc2cc(OC)ccc2C1N. The number of benzene rings is 1. The molecule has 21 heavy (non-hydrogen) atoms. The molecular formula is C18H28N2O. The summed E-state index contributed by atoms with van der Waals surface area (Å²) < 4.78 is 5.34. The third kappa shape index (κ3) is 3.24. The second-order valence-corrected chi connectivity index (χ2v) is 6.63. The second kappa shape index (κ2) is 6.37. The van der Waals surface area contributed by atoms with Crippen LogP contribution in [0.3, 0.4) is 0 Å². The predicted molar refractivity (Wildman–Crippen MR) is 86.6 cm³/mol. The number of hydrogen-bond acceptors (Lipinski definition) is 3. The minimum Gasteiger partial charge on any atom is -0.497 e. The lowest BCUT2D eigenvalue weighted by Crippen LogP contribution is -2.46. The van der Waals surface area contributed by atoms with Crippen molar-refractivity contribution in [2.24, 2.45) is 11.7 Å². The van der Waals surface area contributed by atoms with E-state index in [-0.39, 0.29) is 6.04 Å². The summed E-state index contributed by atoms with van der Waals surface area (Å²) in [7, 11) is 1.73. The molecule has 0 spiro atoms. The van der Waals surface area contributed by atoms with Gasteiger partial charge in [-0.25, -0.2) is 0 Å². The third-order valence-electron chi connectivity index (χ3n) is 5.00. The molecule has 1 aromatic rings. The smallest absolute Gasteiger partial charge is 0.119 e. The van der Waals surface area contributed by atoms with E-state index in [2.05, 4.69) is 24.0 Å². The summed E-state index contributed by atoms with van der Waals surface area (Å²) in [4.78, 5) is 2.66. The first-order chi connectivity index (χ1) is 10.2. The molecule has 1 aromatic carbocycles. The average Bonchev–Trinajstić information content (AvgIpc) is 3.31. The summed E-state index contributed by atoms with van der Waals surface area (Å²) in [6.45, 7) is 4.70. The van der Waals surface area contributed by atoms with Crippen LogP contribution in [0.4, 0.5) is 0 Å². The van der Waals surface area contributed by atoms with E-state index in [1.54, 1.807) is 7.11 Å². The first-order valence-corrected chi connectivity index (χ1v) is 8.39. The van der Waals surface area contributed by atoms with E-state index in [0.717, 1.165) is 18.1 Å². The molecule has 1 fully saturated rings. The van der Waals surface area contributed by atoms with E-state index >= 15 is 0 Å². The number of nitrogens with two attached hydrogens (primary N) is 1. The van der Waals surface area contributed by atoms with Gasteiger partial charge in [0.25, 0.3) is 0 Å². The van der Waals surface area contributed by atoms with Crippen LogP contribution in [-0.2, 0) is 6.42 Å². The molecule has 0 aliphatic heterocycles. The number of aryl methyl sites for hydroxylation is 1. The van der Waals surface area contributed by atoms with Crippen LogP contribution < -0.4 is 10.5 Å². The number of rotatable bonds is 6. The molecule has 0 aromatic heterocycles. The Morgan fingerprint density at radius 3 is 2.76 bits per heavy atom. The van der Waals surface area contributed by atoms with Gasteiger partial charge in [0, 0.05) is 18.6 Å². The van der Waals surface area contributed by atoms with Crippen molar-refractivity contribution in [1.29, 1.82) is 0 Å². The van der Waals surface area contributed by atoms with E-state index in [1.807, 2.05) is 6.07 Å². The Morgan fingerprint density at radius 2 is 2.10 bits per heavy atom. The van der Waals surface area contributed by atoms with Gasteiger partial charge in [-0.2, -0.15) is 0 Å². The summed E-state index contributed by atoms with van der Waals surface area (Å²) in [5, 5.41) is 0. The molecule has 2 aliphatic rings. The van der Waals surface area contributed by atoms with Crippen LogP contribution in [0.5, 0.6) is 5.75 Å². The molecule has 3 nitrogen and oxygen atoms in total. The molecular weight excluding hydrogens is 260 g/mol. The van der Waals surface area contributed by atoms with E-state index in [1.165, 1.54) is 49.9 Å². The van der Waals surface area contributed by atoms with Crippen molar-refractivity contribution in [3.63, 3.8) is 0 Å². The quantitative estimate of drug-likeness (QED) is 0.874. The molecule has 0 bridgehead atoms. The Hall–Kier alpha value is -1.06. The largest absolute Gasteiger partial charge is 0.497 e. The number of nitrogens with zero attached hydrogens (tertiary/aromatic N) is 1. The van der Waals surface area contributed by atoms with Gasteiger partial charge in [-0.15, -0.1) is 0 Å². The van der Waals surface area contributed by atoms with Gasteiger partial charge in [0.2, 0.25) is 0 Å². The Bertz CT molecular complexity index is 484. The zero-order valence-electron chi connectivity index (χ0n) is 13.3. The third-order valence-corrected chi connectivity index (χ3v) is 5.00. The molecule has 0 amide bonds. The van der Waals surface area contributed by atoms with Gasteiger partial charge in [-0.3, -0.25) is 4.90 Å². The fourth-order valence-corrected chi connectivity index (χ4v) is 3.66. The molecule has 0 radical (unpaired) electrons. The summed E-state index contributed by atoms with van der Waals surface area (Å²) >= 11 is 0. The highest BCUT2D eigenvalue weighted by Crippen LogP contribution is 2.36. The maximum absolute atomic E-state index is 6.63. The predicted octanol–water partition coefficient (Wildman–Crippen LogP) is 3.13. The Labute approximate surface area is 128 Å².